The standard InChI is InChI=1S/C13H17BrN2OS2/c1-8-9(2)19-13(16-8)11(15-5-6-17-3)12-10(14)4-7-18-12/h4,7,11,15H,5-6H2,1-3H3. The Morgan fingerprint density at radius 1 is 1.47 bits per heavy atom. The van der Waals surface area contributed by atoms with E-state index in [9.17, 15) is 0 Å². The minimum absolute atomic E-state index is 0.141. The van der Waals surface area contributed by atoms with Crippen LogP contribution in [0.3, 0.4) is 0 Å². The van der Waals surface area contributed by atoms with Crippen LogP contribution in [-0.4, -0.2) is 25.2 Å². The van der Waals surface area contributed by atoms with E-state index in [0.717, 1.165) is 21.7 Å². The summed E-state index contributed by atoms with van der Waals surface area (Å²) < 4.78 is 6.25. The van der Waals surface area contributed by atoms with Gasteiger partial charge in [-0.05, 0) is 41.2 Å². The molecule has 3 nitrogen and oxygen atoms in total. The summed E-state index contributed by atoms with van der Waals surface area (Å²) in [5.41, 5.74) is 1.12. The van der Waals surface area contributed by atoms with Gasteiger partial charge in [-0.25, -0.2) is 4.98 Å². The predicted molar refractivity (Wildman–Crippen MR) is 85.3 cm³/mol. The van der Waals surface area contributed by atoms with Crippen molar-refractivity contribution in [3.8, 4) is 0 Å². The average molecular weight is 361 g/mol. The van der Waals surface area contributed by atoms with Crippen molar-refractivity contribution in [3.63, 3.8) is 0 Å². The highest BCUT2D eigenvalue weighted by atomic mass is 79.9. The van der Waals surface area contributed by atoms with Gasteiger partial charge in [0.1, 0.15) is 5.01 Å². The average Bonchev–Trinajstić information content (AvgIpc) is 2.93. The van der Waals surface area contributed by atoms with E-state index >= 15 is 0 Å². The lowest BCUT2D eigenvalue weighted by Crippen LogP contribution is -2.25. The van der Waals surface area contributed by atoms with Crippen molar-refractivity contribution in [3.05, 3.63) is 36.4 Å². The Morgan fingerprint density at radius 2 is 2.26 bits per heavy atom. The summed E-state index contributed by atoms with van der Waals surface area (Å²) in [4.78, 5) is 7.23. The van der Waals surface area contributed by atoms with Crippen LogP contribution in [0, 0.1) is 13.8 Å². The number of thiophene rings is 1. The summed E-state index contributed by atoms with van der Waals surface area (Å²) >= 11 is 7.12. The molecule has 0 amide bonds. The first-order chi connectivity index (χ1) is 9.13. The molecule has 0 aromatic carbocycles. The van der Waals surface area contributed by atoms with Crippen LogP contribution in [-0.2, 0) is 4.74 Å². The lowest BCUT2D eigenvalue weighted by Gasteiger charge is -2.15. The van der Waals surface area contributed by atoms with Gasteiger partial charge in [-0.3, -0.25) is 0 Å². The van der Waals surface area contributed by atoms with Crippen molar-refractivity contribution in [1.29, 1.82) is 0 Å². The van der Waals surface area contributed by atoms with E-state index in [1.807, 2.05) is 0 Å². The first-order valence-electron chi connectivity index (χ1n) is 6.02. The maximum absolute atomic E-state index is 5.12. The van der Waals surface area contributed by atoms with Crippen molar-refractivity contribution in [2.75, 3.05) is 20.3 Å². The molecule has 0 aliphatic carbocycles. The first-order valence-corrected chi connectivity index (χ1v) is 8.51. The highest BCUT2D eigenvalue weighted by molar-refractivity contribution is 9.10. The van der Waals surface area contributed by atoms with Crippen LogP contribution in [0.1, 0.15) is 26.5 Å². The summed E-state index contributed by atoms with van der Waals surface area (Å²) in [6.07, 6.45) is 0. The van der Waals surface area contributed by atoms with Gasteiger partial charge in [0.2, 0.25) is 0 Å². The van der Waals surface area contributed by atoms with Crippen LogP contribution < -0.4 is 5.32 Å². The van der Waals surface area contributed by atoms with Crippen molar-refractivity contribution < 1.29 is 4.74 Å². The van der Waals surface area contributed by atoms with E-state index in [1.165, 1.54) is 9.75 Å². The number of nitrogens with one attached hydrogen (secondary N) is 1. The zero-order valence-corrected chi connectivity index (χ0v) is 14.4. The number of aryl methyl sites for hydroxylation is 2. The number of nitrogens with zero attached hydrogens (tertiary/aromatic N) is 1. The van der Waals surface area contributed by atoms with E-state index in [2.05, 4.69) is 51.5 Å². The van der Waals surface area contributed by atoms with Crippen LogP contribution in [0.15, 0.2) is 15.9 Å². The van der Waals surface area contributed by atoms with Gasteiger partial charge in [0.25, 0.3) is 0 Å². The molecule has 1 N–H and O–H groups in total. The molecule has 0 spiro atoms. The number of methoxy groups -OCH3 is 1. The van der Waals surface area contributed by atoms with Crippen molar-refractivity contribution >= 4 is 38.6 Å². The number of aromatic nitrogens is 1. The van der Waals surface area contributed by atoms with Crippen LogP contribution in [0.4, 0.5) is 0 Å². The molecule has 0 saturated carbocycles. The number of halogens is 1. The van der Waals surface area contributed by atoms with E-state index in [-0.39, 0.29) is 6.04 Å². The van der Waals surface area contributed by atoms with E-state index in [4.69, 9.17) is 4.74 Å². The summed E-state index contributed by atoms with van der Waals surface area (Å²) in [7, 11) is 1.72. The highest BCUT2D eigenvalue weighted by Crippen LogP contribution is 2.35. The fraction of sp³-hybridized carbons (Fsp3) is 0.462. The third-order valence-corrected chi connectivity index (χ3v) is 5.93. The molecule has 104 valence electrons. The Labute approximate surface area is 130 Å². The zero-order chi connectivity index (χ0) is 13.8. The molecule has 1 unspecified atom stereocenters. The summed E-state index contributed by atoms with van der Waals surface area (Å²) in [5.74, 6) is 0. The predicted octanol–water partition coefficient (Wildman–Crippen LogP) is 3.91. The maximum atomic E-state index is 5.12. The quantitative estimate of drug-likeness (QED) is 0.793. The third kappa shape index (κ3) is 3.64. The van der Waals surface area contributed by atoms with Gasteiger partial charge < -0.3 is 10.1 Å². The number of ether oxygens (including phenoxy) is 1. The van der Waals surface area contributed by atoms with Crippen molar-refractivity contribution in [1.82, 2.24) is 10.3 Å². The Hall–Kier alpha value is -0.270. The minimum Gasteiger partial charge on any atom is -0.383 e. The number of rotatable bonds is 6. The van der Waals surface area contributed by atoms with Crippen LogP contribution in [0.5, 0.6) is 0 Å². The fourth-order valence-electron chi connectivity index (χ4n) is 1.73. The number of thiazole rings is 1. The highest BCUT2D eigenvalue weighted by Gasteiger charge is 2.21. The molecule has 0 aliphatic rings. The Kier molecular flexibility index (Phi) is 5.53. The second-order valence-corrected chi connectivity index (χ2v) is 7.24. The fourth-order valence-corrected chi connectivity index (χ4v) is 4.49. The molecule has 2 rings (SSSR count). The van der Waals surface area contributed by atoms with Gasteiger partial charge in [0, 0.05) is 27.9 Å². The molecule has 19 heavy (non-hydrogen) atoms. The van der Waals surface area contributed by atoms with E-state index in [1.54, 1.807) is 29.8 Å². The second kappa shape index (κ2) is 6.95. The minimum atomic E-state index is 0.141. The number of hydrogen-bond donors (Lipinski definition) is 1. The normalized spacial score (nSPS) is 12.8. The maximum Gasteiger partial charge on any atom is 0.116 e. The Bertz CT molecular complexity index is 519. The van der Waals surface area contributed by atoms with Gasteiger partial charge in [0.05, 0.1) is 18.3 Å². The molecular weight excluding hydrogens is 344 g/mol. The molecule has 2 heterocycles. The van der Waals surface area contributed by atoms with Gasteiger partial charge in [-0.15, -0.1) is 22.7 Å². The van der Waals surface area contributed by atoms with Crippen molar-refractivity contribution in [2.45, 2.75) is 19.9 Å². The van der Waals surface area contributed by atoms with Gasteiger partial charge in [-0.2, -0.15) is 0 Å². The lowest BCUT2D eigenvalue weighted by molar-refractivity contribution is 0.197. The van der Waals surface area contributed by atoms with E-state index < -0.39 is 0 Å². The Balaban J connectivity index is 2.26. The van der Waals surface area contributed by atoms with Crippen LogP contribution >= 0.6 is 38.6 Å². The summed E-state index contributed by atoms with van der Waals surface area (Å²) in [6, 6.07) is 2.22. The monoisotopic (exact) mass is 360 g/mol. The molecule has 0 saturated heterocycles. The first kappa shape index (κ1) is 15.1. The molecule has 6 heteroatoms. The molecule has 0 bridgehead atoms. The zero-order valence-electron chi connectivity index (χ0n) is 11.2. The summed E-state index contributed by atoms with van der Waals surface area (Å²) in [6.45, 7) is 5.68. The second-order valence-electron chi connectivity index (χ2n) is 4.21. The molecule has 2 aromatic rings. The van der Waals surface area contributed by atoms with Gasteiger partial charge >= 0.3 is 0 Å². The van der Waals surface area contributed by atoms with Gasteiger partial charge in [-0.1, -0.05) is 0 Å². The molecular formula is C13H17BrN2OS2. The topological polar surface area (TPSA) is 34.1 Å². The molecule has 0 fully saturated rings. The van der Waals surface area contributed by atoms with E-state index in [0.29, 0.717) is 6.61 Å². The van der Waals surface area contributed by atoms with Crippen molar-refractivity contribution in [2.24, 2.45) is 0 Å². The largest absolute Gasteiger partial charge is 0.383 e. The van der Waals surface area contributed by atoms with Crippen LogP contribution in [0.2, 0.25) is 0 Å². The van der Waals surface area contributed by atoms with Gasteiger partial charge in [0.15, 0.2) is 0 Å². The number of hydrogen-bond acceptors (Lipinski definition) is 5. The lowest BCUT2D eigenvalue weighted by atomic mass is 10.2. The molecule has 2 aromatic heterocycles. The molecule has 0 aliphatic heterocycles. The Morgan fingerprint density at radius 3 is 2.79 bits per heavy atom. The third-order valence-electron chi connectivity index (χ3n) is 2.85. The SMILES string of the molecule is COCCNC(c1nc(C)c(C)s1)c1sccc1Br. The molecule has 0 radical (unpaired) electrons. The molecule has 1 atom stereocenters. The van der Waals surface area contributed by atoms with Crippen LogP contribution in [0.25, 0.3) is 0 Å². The summed E-state index contributed by atoms with van der Waals surface area (Å²) in [5, 5.41) is 6.74. The smallest absolute Gasteiger partial charge is 0.116 e.